The van der Waals surface area contributed by atoms with Crippen molar-refractivity contribution >= 4 is 0 Å². The standard InChI is InChI=1S/C19H13FN2O/c20-17-10-8-15(9-11-17)5-4-14-22-19(23)13-12-18(21-22)16-6-2-1-3-7-16/h1-3,6-13H,14H2. The topological polar surface area (TPSA) is 34.9 Å². The van der Waals surface area contributed by atoms with Gasteiger partial charge in [0, 0.05) is 17.2 Å². The van der Waals surface area contributed by atoms with Gasteiger partial charge in [-0.05, 0) is 30.3 Å². The second-order valence-electron chi connectivity index (χ2n) is 4.89. The van der Waals surface area contributed by atoms with Crippen LogP contribution >= 0.6 is 0 Å². The van der Waals surface area contributed by atoms with E-state index in [1.54, 1.807) is 18.2 Å². The number of aromatic nitrogens is 2. The minimum absolute atomic E-state index is 0.177. The summed E-state index contributed by atoms with van der Waals surface area (Å²) in [6.07, 6.45) is 0. The lowest BCUT2D eigenvalue weighted by Gasteiger charge is -2.03. The largest absolute Gasteiger partial charge is 0.268 e. The molecule has 0 N–H and O–H groups in total. The van der Waals surface area contributed by atoms with E-state index in [1.165, 1.54) is 22.9 Å². The zero-order chi connectivity index (χ0) is 16.1. The Morgan fingerprint density at radius 2 is 1.70 bits per heavy atom. The van der Waals surface area contributed by atoms with Crippen LogP contribution in [0.4, 0.5) is 4.39 Å². The Balaban J connectivity index is 1.83. The molecule has 112 valence electrons. The SMILES string of the molecule is O=c1ccc(-c2ccccc2)nn1CC#Cc1ccc(F)cc1. The summed E-state index contributed by atoms with van der Waals surface area (Å²) >= 11 is 0. The molecule has 1 heterocycles. The normalized spacial score (nSPS) is 9.96. The van der Waals surface area contributed by atoms with Crippen molar-refractivity contribution in [3.05, 3.63) is 88.5 Å². The molecule has 0 aliphatic carbocycles. The molecule has 0 amide bonds. The van der Waals surface area contributed by atoms with Crippen molar-refractivity contribution < 1.29 is 4.39 Å². The summed E-state index contributed by atoms with van der Waals surface area (Å²) in [5.41, 5.74) is 2.14. The first-order chi connectivity index (χ1) is 11.2. The van der Waals surface area contributed by atoms with Gasteiger partial charge in [-0.1, -0.05) is 42.2 Å². The van der Waals surface area contributed by atoms with Crippen LogP contribution in [0.5, 0.6) is 0 Å². The minimum atomic E-state index is -0.302. The maximum absolute atomic E-state index is 12.8. The van der Waals surface area contributed by atoms with Gasteiger partial charge in [0.1, 0.15) is 12.4 Å². The summed E-state index contributed by atoms with van der Waals surface area (Å²) in [6, 6.07) is 18.7. The van der Waals surface area contributed by atoms with E-state index in [0.29, 0.717) is 11.3 Å². The van der Waals surface area contributed by atoms with Gasteiger partial charge in [-0.15, -0.1) is 0 Å². The maximum Gasteiger partial charge on any atom is 0.267 e. The molecule has 0 spiro atoms. The van der Waals surface area contributed by atoms with Gasteiger partial charge < -0.3 is 0 Å². The minimum Gasteiger partial charge on any atom is -0.268 e. The average Bonchev–Trinajstić information content (AvgIpc) is 2.59. The maximum atomic E-state index is 12.8. The summed E-state index contributed by atoms with van der Waals surface area (Å²) in [4.78, 5) is 11.9. The Labute approximate surface area is 133 Å². The molecule has 0 radical (unpaired) electrons. The molecule has 0 aliphatic rings. The number of halogens is 1. The quantitative estimate of drug-likeness (QED) is 0.682. The van der Waals surface area contributed by atoms with Gasteiger partial charge in [0.15, 0.2) is 0 Å². The van der Waals surface area contributed by atoms with Gasteiger partial charge >= 0.3 is 0 Å². The fourth-order valence-corrected chi connectivity index (χ4v) is 2.07. The van der Waals surface area contributed by atoms with Gasteiger partial charge in [-0.3, -0.25) is 4.79 Å². The van der Waals surface area contributed by atoms with Crippen molar-refractivity contribution in [2.75, 3.05) is 0 Å². The van der Waals surface area contributed by atoms with Crippen LogP contribution in [0.25, 0.3) is 11.3 Å². The van der Waals surface area contributed by atoms with Crippen LogP contribution in [0.2, 0.25) is 0 Å². The summed E-state index contributed by atoms with van der Waals surface area (Å²) < 4.78 is 14.1. The van der Waals surface area contributed by atoms with Crippen molar-refractivity contribution in [1.29, 1.82) is 0 Å². The summed E-state index contributed by atoms with van der Waals surface area (Å²) in [6.45, 7) is 0.177. The number of rotatable bonds is 2. The van der Waals surface area contributed by atoms with E-state index in [1.807, 2.05) is 30.3 Å². The van der Waals surface area contributed by atoms with E-state index in [-0.39, 0.29) is 17.9 Å². The zero-order valence-electron chi connectivity index (χ0n) is 12.2. The van der Waals surface area contributed by atoms with Crippen LogP contribution in [0.15, 0.2) is 71.5 Å². The molecule has 0 fully saturated rings. The number of nitrogens with zero attached hydrogens (tertiary/aromatic N) is 2. The van der Waals surface area contributed by atoms with Gasteiger partial charge in [-0.2, -0.15) is 5.10 Å². The lowest BCUT2D eigenvalue weighted by molar-refractivity contribution is 0.627. The van der Waals surface area contributed by atoms with Crippen molar-refractivity contribution in [3.63, 3.8) is 0 Å². The Bertz CT molecular complexity index is 919. The fourth-order valence-electron chi connectivity index (χ4n) is 2.07. The van der Waals surface area contributed by atoms with Crippen molar-refractivity contribution in [2.24, 2.45) is 0 Å². The number of hydrogen-bond acceptors (Lipinski definition) is 2. The van der Waals surface area contributed by atoms with E-state index < -0.39 is 0 Å². The summed E-state index contributed by atoms with van der Waals surface area (Å²) in [5.74, 6) is 5.47. The lowest BCUT2D eigenvalue weighted by atomic mass is 10.1. The van der Waals surface area contributed by atoms with Crippen LogP contribution in [-0.4, -0.2) is 9.78 Å². The molecule has 0 saturated heterocycles. The van der Waals surface area contributed by atoms with Gasteiger partial charge in [-0.25, -0.2) is 9.07 Å². The number of benzene rings is 2. The lowest BCUT2D eigenvalue weighted by Crippen LogP contribution is -2.21. The highest BCUT2D eigenvalue weighted by Crippen LogP contribution is 2.13. The Morgan fingerprint density at radius 3 is 2.43 bits per heavy atom. The molecule has 23 heavy (non-hydrogen) atoms. The van der Waals surface area contributed by atoms with Crippen LogP contribution in [-0.2, 0) is 6.54 Å². The third-order valence-corrected chi connectivity index (χ3v) is 3.24. The molecule has 1 aromatic heterocycles. The predicted molar refractivity (Wildman–Crippen MR) is 87.2 cm³/mol. The number of hydrogen-bond donors (Lipinski definition) is 0. The molecule has 3 nitrogen and oxygen atoms in total. The highest BCUT2D eigenvalue weighted by molar-refractivity contribution is 5.57. The van der Waals surface area contributed by atoms with Crippen LogP contribution in [0.3, 0.4) is 0 Å². The monoisotopic (exact) mass is 304 g/mol. The molecular weight excluding hydrogens is 291 g/mol. The third-order valence-electron chi connectivity index (χ3n) is 3.24. The van der Waals surface area contributed by atoms with Crippen molar-refractivity contribution in [1.82, 2.24) is 9.78 Å². The molecule has 0 saturated carbocycles. The molecule has 0 atom stereocenters. The Hall–Kier alpha value is -3.19. The zero-order valence-corrected chi connectivity index (χ0v) is 12.2. The molecule has 2 aromatic carbocycles. The highest BCUT2D eigenvalue weighted by Gasteiger charge is 2.01. The fraction of sp³-hybridized carbons (Fsp3) is 0.0526. The second kappa shape index (κ2) is 6.71. The molecule has 4 heteroatoms. The highest BCUT2D eigenvalue weighted by atomic mass is 19.1. The molecular formula is C19H13FN2O. The van der Waals surface area contributed by atoms with E-state index in [2.05, 4.69) is 16.9 Å². The second-order valence-corrected chi connectivity index (χ2v) is 4.89. The third kappa shape index (κ3) is 3.72. The van der Waals surface area contributed by atoms with Crippen molar-refractivity contribution in [3.8, 4) is 23.1 Å². The van der Waals surface area contributed by atoms with E-state index in [4.69, 9.17) is 0 Å². The Kier molecular flexibility index (Phi) is 4.30. The molecule has 3 aromatic rings. The van der Waals surface area contributed by atoms with E-state index >= 15 is 0 Å². The van der Waals surface area contributed by atoms with Gasteiger partial charge in [0.25, 0.3) is 5.56 Å². The first-order valence-electron chi connectivity index (χ1n) is 7.10. The summed E-state index contributed by atoms with van der Waals surface area (Å²) in [7, 11) is 0. The average molecular weight is 304 g/mol. The van der Waals surface area contributed by atoms with Crippen LogP contribution in [0, 0.1) is 17.7 Å². The van der Waals surface area contributed by atoms with E-state index in [9.17, 15) is 9.18 Å². The molecule has 3 rings (SSSR count). The smallest absolute Gasteiger partial charge is 0.267 e. The van der Waals surface area contributed by atoms with Crippen molar-refractivity contribution in [2.45, 2.75) is 6.54 Å². The van der Waals surface area contributed by atoms with E-state index in [0.717, 1.165) is 5.56 Å². The van der Waals surface area contributed by atoms with Crippen LogP contribution in [0.1, 0.15) is 5.56 Å². The molecule has 0 aliphatic heterocycles. The summed E-state index contributed by atoms with van der Waals surface area (Å²) in [5, 5.41) is 4.33. The first-order valence-corrected chi connectivity index (χ1v) is 7.10. The van der Waals surface area contributed by atoms with Gasteiger partial charge in [0.2, 0.25) is 0 Å². The van der Waals surface area contributed by atoms with Crippen LogP contribution < -0.4 is 5.56 Å². The first kappa shape index (κ1) is 14.7. The van der Waals surface area contributed by atoms with Gasteiger partial charge in [0.05, 0.1) is 5.69 Å². The molecule has 0 unspecified atom stereocenters. The molecule has 0 bridgehead atoms. The predicted octanol–water partition coefficient (Wildman–Crippen LogP) is 3.10. The Morgan fingerprint density at radius 1 is 0.957 bits per heavy atom.